The predicted molar refractivity (Wildman–Crippen MR) is 155 cm³/mol. The molecule has 0 radical (unpaired) electrons. The lowest BCUT2D eigenvalue weighted by Gasteiger charge is -2.13. The number of para-hydroxylation sites is 3. The first-order valence-corrected chi connectivity index (χ1v) is 13.2. The minimum atomic E-state index is -0.208. The molecule has 0 unspecified atom stereocenters. The van der Waals surface area contributed by atoms with Crippen molar-refractivity contribution in [2.45, 2.75) is 5.16 Å². The molecule has 2 heterocycles. The van der Waals surface area contributed by atoms with Crippen molar-refractivity contribution in [3.8, 4) is 22.8 Å². The number of fused-ring (bicyclic) bond motifs is 2. The Bertz CT molecular complexity index is 1830. The second kappa shape index (κ2) is 10.5. The van der Waals surface area contributed by atoms with Crippen LogP contribution in [0.15, 0.2) is 107 Å². The summed E-state index contributed by atoms with van der Waals surface area (Å²) in [6.07, 6.45) is 0. The standard InChI is InChI=1S/C30H23N5O3S/c1-38-22-16-14-21(15-17-22)35-29(37)23-6-2-3-7-24(23)34-30(35)39-18-27(36)31-20-12-10-19(11-13-20)28-32-25-8-4-5-9-26(25)33-28/h2-17H,18H2,1H3,(H,31,36)(H,32,33). The SMILES string of the molecule is COc1ccc(-n2c(SCC(=O)Nc3ccc(-c4nc5ccccc5[nH]4)cc3)nc3ccccc3c2=O)cc1. The number of carbonyl (C=O) groups is 1. The van der Waals surface area contributed by atoms with Gasteiger partial charge in [-0.15, -0.1) is 0 Å². The van der Waals surface area contributed by atoms with Crippen LogP contribution in [0.1, 0.15) is 0 Å². The van der Waals surface area contributed by atoms with Crippen molar-refractivity contribution in [2.75, 3.05) is 18.2 Å². The van der Waals surface area contributed by atoms with Crippen LogP contribution in [0.4, 0.5) is 5.69 Å². The molecular formula is C30H23N5O3S. The maximum Gasteiger partial charge on any atom is 0.266 e. The first kappa shape index (κ1) is 24.4. The zero-order valence-electron chi connectivity index (χ0n) is 20.9. The Morgan fingerprint density at radius 1 is 0.897 bits per heavy atom. The van der Waals surface area contributed by atoms with E-state index in [1.165, 1.54) is 16.3 Å². The highest BCUT2D eigenvalue weighted by Crippen LogP contribution is 2.25. The van der Waals surface area contributed by atoms with Crippen molar-refractivity contribution < 1.29 is 9.53 Å². The molecule has 2 N–H and O–H groups in total. The Balaban J connectivity index is 1.21. The maximum absolute atomic E-state index is 13.4. The normalized spacial score (nSPS) is 11.1. The lowest BCUT2D eigenvalue weighted by molar-refractivity contribution is -0.113. The Morgan fingerprint density at radius 2 is 1.62 bits per heavy atom. The van der Waals surface area contributed by atoms with Crippen molar-refractivity contribution >= 4 is 45.3 Å². The Kier molecular flexibility index (Phi) is 6.56. The summed E-state index contributed by atoms with van der Waals surface area (Å²) in [5, 5.41) is 3.86. The molecule has 9 heteroatoms. The van der Waals surface area contributed by atoms with Gasteiger partial charge in [-0.05, 0) is 72.8 Å². The fourth-order valence-corrected chi connectivity index (χ4v) is 5.11. The van der Waals surface area contributed by atoms with E-state index in [2.05, 4.69) is 15.3 Å². The lowest BCUT2D eigenvalue weighted by Crippen LogP contribution is -2.23. The van der Waals surface area contributed by atoms with Crippen molar-refractivity contribution in [2.24, 2.45) is 0 Å². The van der Waals surface area contributed by atoms with Crippen LogP contribution in [0.25, 0.3) is 39.0 Å². The van der Waals surface area contributed by atoms with E-state index in [1.807, 2.05) is 60.7 Å². The molecule has 0 saturated heterocycles. The van der Waals surface area contributed by atoms with Crippen molar-refractivity contribution in [3.05, 3.63) is 107 Å². The number of hydrogen-bond donors (Lipinski definition) is 2. The third-order valence-electron chi connectivity index (χ3n) is 6.24. The first-order chi connectivity index (χ1) is 19.1. The number of amides is 1. The number of H-pyrrole nitrogens is 1. The van der Waals surface area contributed by atoms with Gasteiger partial charge in [-0.1, -0.05) is 36.0 Å². The molecule has 192 valence electrons. The van der Waals surface area contributed by atoms with Crippen molar-refractivity contribution in [3.63, 3.8) is 0 Å². The molecular weight excluding hydrogens is 510 g/mol. The van der Waals surface area contributed by atoms with Crippen LogP contribution in [0.5, 0.6) is 5.75 Å². The van der Waals surface area contributed by atoms with Crippen LogP contribution < -0.4 is 15.6 Å². The van der Waals surface area contributed by atoms with Gasteiger partial charge in [0.05, 0.1) is 40.5 Å². The lowest BCUT2D eigenvalue weighted by atomic mass is 10.2. The molecule has 0 saturated carbocycles. The minimum Gasteiger partial charge on any atom is -0.497 e. The van der Waals surface area contributed by atoms with E-state index < -0.39 is 0 Å². The van der Waals surface area contributed by atoms with E-state index in [0.29, 0.717) is 33.2 Å². The monoisotopic (exact) mass is 533 g/mol. The van der Waals surface area contributed by atoms with Gasteiger partial charge in [-0.2, -0.15) is 0 Å². The number of rotatable bonds is 7. The molecule has 6 rings (SSSR count). The number of hydrogen-bond acceptors (Lipinski definition) is 6. The Labute approximate surface area is 227 Å². The van der Waals surface area contributed by atoms with Gasteiger partial charge in [0.1, 0.15) is 11.6 Å². The van der Waals surface area contributed by atoms with Gasteiger partial charge in [0.15, 0.2) is 5.16 Å². The summed E-state index contributed by atoms with van der Waals surface area (Å²) < 4.78 is 6.78. The summed E-state index contributed by atoms with van der Waals surface area (Å²) in [7, 11) is 1.59. The van der Waals surface area contributed by atoms with E-state index in [4.69, 9.17) is 9.72 Å². The number of nitrogens with one attached hydrogen (secondary N) is 2. The van der Waals surface area contributed by atoms with Crippen LogP contribution in [0.3, 0.4) is 0 Å². The van der Waals surface area contributed by atoms with E-state index in [9.17, 15) is 9.59 Å². The average molecular weight is 534 g/mol. The third-order valence-corrected chi connectivity index (χ3v) is 7.18. The van der Waals surface area contributed by atoms with Gasteiger partial charge < -0.3 is 15.0 Å². The summed E-state index contributed by atoms with van der Waals surface area (Å²) in [6.45, 7) is 0. The number of carbonyl (C=O) groups excluding carboxylic acids is 1. The Morgan fingerprint density at radius 3 is 2.36 bits per heavy atom. The summed E-state index contributed by atoms with van der Waals surface area (Å²) >= 11 is 1.20. The van der Waals surface area contributed by atoms with Crippen LogP contribution in [0.2, 0.25) is 0 Å². The molecule has 0 bridgehead atoms. The van der Waals surface area contributed by atoms with Crippen LogP contribution in [-0.4, -0.2) is 38.3 Å². The number of ether oxygens (including phenoxy) is 1. The van der Waals surface area contributed by atoms with Gasteiger partial charge in [0, 0.05) is 11.3 Å². The highest BCUT2D eigenvalue weighted by Gasteiger charge is 2.15. The summed E-state index contributed by atoms with van der Waals surface area (Å²) in [5.41, 5.74) is 4.48. The number of aromatic nitrogens is 4. The molecule has 2 aromatic heterocycles. The second-order valence-corrected chi connectivity index (χ2v) is 9.71. The Hall–Kier alpha value is -4.89. The molecule has 0 aliphatic heterocycles. The zero-order chi connectivity index (χ0) is 26.8. The predicted octanol–water partition coefficient (Wildman–Crippen LogP) is 5.67. The van der Waals surface area contributed by atoms with Crippen molar-refractivity contribution in [1.29, 1.82) is 0 Å². The smallest absolute Gasteiger partial charge is 0.266 e. The van der Waals surface area contributed by atoms with Crippen LogP contribution in [0, 0.1) is 0 Å². The third kappa shape index (κ3) is 4.99. The number of benzene rings is 4. The fourth-order valence-electron chi connectivity index (χ4n) is 4.30. The molecule has 0 fully saturated rings. The van der Waals surface area contributed by atoms with E-state index in [-0.39, 0.29) is 17.2 Å². The summed E-state index contributed by atoms with van der Waals surface area (Å²) in [6, 6.07) is 29.7. The highest BCUT2D eigenvalue weighted by atomic mass is 32.2. The molecule has 0 spiro atoms. The number of thioether (sulfide) groups is 1. The van der Waals surface area contributed by atoms with Gasteiger partial charge >= 0.3 is 0 Å². The number of anilines is 1. The minimum absolute atomic E-state index is 0.0757. The average Bonchev–Trinajstić information content (AvgIpc) is 3.41. The molecule has 39 heavy (non-hydrogen) atoms. The largest absolute Gasteiger partial charge is 0.497 e. The number of methoxy groups -OCH3 is 1. The molecule has 4 aromatic carbocycles. The van der Waals surface area contributed by atoms with Crippen LogP contribution >= 0.6 is 11.8 Å². The van der Waals surface area contributed by atoms with Gasteiger partial charge in [-0.3, -0.25) is 14.2 Å². The first-order valence-electron chi connectivity index (χ1n) is 12.2. The molecule has 0 aliphatic carbocycles. The highest BCUT2D eigenvalue weighted by molar-refractivity contribution is 7.99. The molecule has 8 nitrogen and oxygen atoms in total. The molecule has 6 aromatic rings. The molecule has 1 amide bonds. The second-order valence-electron chi connectivity index (χ2n) is 8.77. The number of aromatic amines is 1. The quantitative estimate of drug-likeness (QED) is 0.203. The van der Waals surface area contributed by atoms with Gasteiger partial charge in [0.2, 0.25) is 5.91 Å². The fraction of sp³-hybridized carbons (Fsp3) is 0.0667. The zero-order valence-corrected chi connectivity index (χ0v) is 21.7. The van der Waals surface area contributed by atoms with Crippen LogP contribution in [-0.2, 0) is 4.79 Å². The van der Waals surface area contributed by atoms with E-state index in [0.717, 1.165) is 22.4 Å². The topological polar surface area (TPSA) is 102 Å². The maximum atomic E-state index is 13.4. The molecule has 0 atom stereocenters. The summed E-state index contributed by atoms with van der Waals surface area (Å²) in [4.78, 5) is 38.9. The van der Waals surface area contributed by atoms with Crippen molar-refractivity contribution in [1.82, 2.24) is 19.5 Å². The number of imidazole rings is 1. The number of nitrogens with zero attached hydrogens (tertiary/aromatic N) is 3. The summed E-state index contributed by atoms with van der Waals surface area (Å²) in [5.74, 6) is 1.32. The van der Waals surface area contributed by atoms with E-state index >= 15 is 0 Å². The van der Waals surface area contributed by atoms with E-state index in [1.54, 1.807) is 43.5 Å². The van der Waals surface area contributed by atoms with Gasteiger partial charge in [-0.25, -0.2) is 9.97 Å². The molecule has 0 aliphatic rings. The van der Waals surface area contributed by atoms with Gasteiger partial charge in [0.25, 0.3) is 5.56 Å².